The van der Waals surface area contributed by atoms with Crippen molar-refractivity contribution in [3.8, 4) is 0 Å². The van der Waals surface area contributed by atoms with Gasteiger partial charge in [-0.25, -0.2) is 0 Å². The van der Waals surface area contributed by atoms with E-state index < -0.39 is 0 Å². The second-order valence-corrected chi connectivity index (χ2v) is 5.02. The summed E-state index contributed by atoms with van der Waals surface area (Å²) in [5.41, 5.74) is 5.60. The lowest BCUT2D eigenvalue weighted by Crippen LogP contribution is -2.45. The van der Waals surface area contributed by atoms with E-state index in [1.54, 1.807) is 0 Å². The molecular weight excluding hydrogens is 190 g/mol. The molecule has 0 unspecified atom stereocenters. The molecule has 3 heteroatoms. The largest absolute Gasteiger partial charge is 0.381 e. The fourth-order valence-corrected chi connectivity index (χ4v) is 2.63. The molecule has 3 nitrogen and oxygen atoms in total. The van der Waals surface area contributed by atoms with E-state index in [9.17, 15) is 4.79 Å². The smallest absolute Gasteiger partial charge is 0.140 e. The molecule has 0 atom stereocenters. The van der Waals surface area contributed by atoms with Crippen molar-refractivity contribution in [3.63, 3.8) is 0 Å². The Hall–Kier alpha value is -0.410. The van der Waals surface area contributed by atoms with Gasteiger partial charge in [0.2, 0.25) is 0 Å². The average molecular weight is 211 g/mol. The van der Waals surface area contributed by atoms with Crippen LogP contribution in [-0.4, -0.2) is 25.5 Å². The zero-order valence-electron chi connectivity index (χ0n) is 9.34. The van der Waals surface area contributed by atoms with E-state index in [1.165, 1.54) is 6.42 Å². The molecule has 15 heavy (non-hydrogen) atoms. The standard InChI is InChI=1S/C12H21NO2/c13-9-12(4-1-5-12)11(14)8-10-2-6-15-7-3-10/h10H,1-9,13H2. The van der Waals surface area contributed by atoms with Crippen molar-refractivity contribution in [1.29, 1.82) is 0 Å². The van der Waals surface area contributed by atoms with E-state index in [4.69, 9.17) is 10.5 Å². The van der Waals surface area contributed by atoms with Crippen LogP contribution in [0.1, 0.15) is 38.5 Å². The van der Waals surface area contributed by atoms with Crippen LogP contribution >= 0.6 is 0 Å². The average Bonchev–Trinajstić information content (AvgIpc) is 2.18. The number of carbonyl (C=O) groups is 1. The molecule has 2 N–H and O–H groups in total. The molecule has 86 valence electrons. The first kappa shape index (κ1) is 11.1. The second-order valence-electron chi connectivity index (χ2n) is 5.02. The van der Waals surface area contributed by atoms with E-state index in [2.05, 4.69) is 0 Å². The summed E-state index contributed by atoms with van der Waals surface area (Å²) >= 11 is 0. The van der Waals surface area contributed by atoms with Gasteiger partial charge >= 0.3 is 0 Å². The fraction of sp³-hybridized carbons (Fsp3) is 0.917. The number of ketones is 1. The fourth-order valence-electron chi connectivity index (χ4n) is 2.63. The molecule has 1 saturated carbocycles. The molecule has 0 spiro atoms. The van der Waals surface area contributed by atoms with Crippen LogP contribution in [0.15, 0.2) is 0 Å². The Balaban J connectivity index is 1.85. The molecule has 0 aromatic carbocycles. The Labute approximate surface area is 91.4 Å². The molecule has 1 heterocycles. The maximum absolute atomic E-state index is 12.1. The van der Waals surface area contributed by atoms with Gasteiger partial charge in [0.25, 0.3) is 0 Å². The third-order valence-corrected chi connectivity index (χ3v) is 4.11. The monoisotopic (exact) mass is 211 g/mol. The van der Waals surface area contributed by atoms with E-state index in [1.807, 2.05) is 0 Å². The summed E-state index contributed by atoms with van der Waals surface area (Å²) in [5.74, 6) is 0.971. The van der Waals surface area contributed by atoms with Gasteiger partial charge in [0.05, 0.1) is 0 Å². The molecule has 0 radical (unpaired) electrons. The summed E-state index contributed by atoms with van der Waals surface area (Å²) in [5, 5.41) is 0. The Morgan fingerprint density at radius 3 is 2.47 bits per heavy atom. The van der Waals surface area contributed by atoms with Crippen LogP contribution in [0.4, 0.5) is 0 Å². The quantitative estimate of drug-likeness (QED) is 0.766. The predicted octanol–water partition coefficient (Wildman–Crippen LogP) is 1.50. The molecule has 2 aliphatic rings. The third kappa shape index (κ3) is 2.23. The summed E-state index contributed by atoms with van der Waals surface area (Å²) in [6.45, 7) is 2.20. The Morgan fingerprint density at radius 1 is 1.33 bits per heavy atom. The summed E-state index contributed by atoms with van der Waals surface area (Å²) in [6.07, 6.45) is 6.05. The normalized spacial score (nSPS) is 25.9. The van der Waals surface area contributed by atoms with Crippen LogP contribution in [0.25, 0.3) is 0 Å². The van der Waals surface area contributed by atoms with Crippen molar-refractivity contribution in [2.45, 2.75) is 38.5 Å². The third-order valence-electron chi connectivity index (χ3n) is 4.11. The van der Waals surface area contributed by atoms with Gasteiger partial charge in [0.1, 0.15) is 5.78 Å². The van der Waals surface area contributed by atoms with Crippen molar-refractivity contribution in [3.05, 3.63) is 0 Å². The van der Waals surface area contributed by atoms with Crippen LogP contribution < -0.4 is 5.73 Å². The SMILES string of the molecule is NCC1(C(=O)CC2CCOCC2)CCC1. The van der Waals surface area contributed by atoms with Crippen LogP contribution in [0.5, 0.6) is 0 Å². The predicted molar refractivity (Wildman–Crippen MR) is 58.5 cm³/mol. The summed E-state index contributed by atoms with van der Waals surface area (Å²) < 4.78 is 5.30. The second kappa shape index (κ2) is 4.62. The molecular formula is C12H21NO2. The van der Waals surface area contributed by atoms with Crippen molar-refractivity contribution in [2.24, 2.45) is 17.1 Å². The van der Waals surface area contributed by atoms with Gasteiger partial charge in [-0.3, -0.25) is 4.79 Å². The number of rotatable bonds is 4. The first-order valence-corrected chi connectivity index (χ1v) is 6.08. The van der Waals surface area contributed by atoms with Gasteiger partial charge in [-0.05, 0) is 31.6 Å². The molecule has 0 amide bonds. The summed E-state index contributed by atoms with van der Waals surface area (Å²) in [4.78, 5) is 12.1. The topological polar surface area (TPSA) is 52.3 Å². The number of hydrogen-bond donors (Lipinski definition) is 1. The van der Waals surface area contributed by atoms with Gasteiger partial charge in [-0.15, -0.1) is 0 Å². The van der Waals surface area contributed by atoms with Crippen molar-refractivity contribution in [1.82, 2.24) is 0 Å². The Morgan fingerprint density at radius 2 is 2.00 bits per heavy atom. The minimum absolute atomic E-state index is 0.127. The maximum Gasteiger partial charge on any atom is 0.140 e. The zero-order valence-corrected chi connectivity index (χ0v) is 9.34. The minimum Gasteiger partial charge on any atom is -0.381 e. The summed E-state index contributed by atoms with van der Waals surface area (Å²) in [7, 11) is 0. The van der Waals surface area contributed by atoms with E-state index in [0.29, 0.717) is 18.2 Å². The molecule has 2 fully saturated rings. The highest BCUT2D eigenvalue weighted by Crippen LogP contribution is 2.42. The lowest BCUT2D eigenvalue weighted by molar-refractivity contribution is -0.134. The van der Waals surface area contributed by atoms with Crippen LogP contribution in [0, 0.1) is 11.3 Å². The van der Waals surface area contributed by atoms with E-state index >= 15 is 0 Å². The maximum atomic E-state index is 12.1. The van der Waals surface area contributed by atoms with Gasteiger partial charge in [0.15, 0.2) is 0 Å². The van der Waals surface area contributed by atoms with Crippen molar-refractivity contribution >= 4 is 5.78 Å². The number of carbonyl (C=O) groups excluding carboxylic acids is 1. The number of nitrogens with two attached hydrogens (primary N) is 1. The number of Topliss-reactive ketones (excluding diaryl/α,β-unsaturated/α-hetero) is 1. The van der Waals surface area contributed by atoms with Gasteiger partial charge in [-0.1, -0.05) is 6.42 Å². The molecule has 0 aromatic rings. The van der Waals surface area contributed by atoms with Gasteiger partial charge in [-0.2, -0.15) is 0 Å². The van der Waals surface area contributed by atoms with E-state index in [-0.39, 0.29) is 5.41 Å². The highest BCUT2D eigenvalue weighted by Gasteiger charge is 2.42. The van der Waals surface area contributed by atoms with Crippen LogP contribution in [-0.2, 0) is 9.53 Å². The Kier molecular flexibility index (Phi) is 3.42. The first-order valence-electron chi connectivity index (χ1n) is 6.08. The Bertz CT molecular complexity index is 224. The lowest BCUT2D eigenvalue weighted by atomic mass is 9.64. The van der Waals surface area contributed by atoms with E-state index in [0.717, 1.165) is 45.3 Å². The van der Waals surface area contributed by atoms with Crippen molar-refractivity contribution < 1.29 is 9.53 Å². The van der Waals surface area contributed by atoms with Crippen molar-refractivity contribution in [2.75, 3.05) is 19.8 Å². The highest BCUT2D eigenvalue weighted by atomic mass is 16.5. The molecule has 1 aliphatic heterocycles. The highest BCUT2D eigenvalue weighted by molar-refractivity contribution is 5.86. The zero-order chi connectivity index (χ0) is 10.7. The number of ether oxygens (including phenoxy) is 1. The van der Waals surface area contributed by atoms with Gasteiger partial charge < -0.3 is 10.5 Å². The molecule has 1 saturated heterocycles. The molecule has 1 aliphatic carbocycles. The lowest BCUT2D eigenvalue weighted by Gasteiger charge is -2.40. The first-order chi connectivity index (χ1) is 7.27. The minimum atomic E-state index is -0.127. The molecule has 2 rings (SSSR count). The van der Waals surface area contributed by atoms with Crippen LogP contribution in [0.3, 0.4) is 0 Å². The number of hydrogen-bond acceptors (Lipinski definition) is 3. The molecule has 0 aromatic heterocycles. The van der Waals surface area contributed by atoms with Crippen LogP contribution in [0.2, 0.25) is 0 Å². The summed E-state index contributed by atoms with van der Waals surface area (Å²) in [6, 6.07) is 0. The van der Waals surface area contributed by atoms with Gasteiger partial charge in [0, 0.05) is 31.6 Å². The molecule has 0 bridgehead atoms.